The molecule has 0 saturated heterocycles. The van der Waals surface area contributed by atoms with Gasteiger partial charge in [-0.25, -0.2) is 14.6 Å². The summed E-state index contributed by atoms with van der Waals surface area (Å²) in [7, 11) is 1.58. The van der Waals surface area contributed by atoms with Crippen LogP contribution in [0.2, 0.25) is 0 Å². The molecule has 8 heteroatoms. The fourth-order valence-electron chi connectivity index (χ4n) is 1.94. The van der Waals surface area contributed by atoms with E-state index in [2.05, 4.69) is 15.6 Å². The number of carbonyl (C=O) groups is 2. The lowest BCUT2D eigenvalue weighted by Crippen LogP contribution is -2.31. The van der Waals surface area contributed by atoms with Crippen molar-refractivity contribution in [3.63, 3.8) is 0 Å². The maximum Gasteiger partial charge on any atom is 0.358 e. The summed E-state index contributed by atoms with van der Waals surface area (Å²) in [5, 5.41) is 5.44. The number of aromatic nitrogens is 2. The van der Waals surface area contributed by atoms with Crippen molar-refractivity contribution in [2.75, 3.05) is 25.6 Å². The lowest BCUT2D eigenvalue weighted by molar-refractivity contribution is 0.0520. The van der Waals surface area contributed by atoms with E-state index in [1.165, 1.54) is 6.33 Å². The van der Waals surface area contributed by atoms with E-state index < -0.39 is 5.97 Å². The van der Waals surface area contributed by atoms with Crippen molar-refractivity contribution in [1.82, 2.24) is 14.9 Å². The molecule has 2 rings (SSSR count). The summed E-state index contributed by atoms with van der Waals surface area (Å²) in [5.74, 6) is 0.264. The van der Waals surface area contributed by atoms with Crippen molar-refractivity contribution in [2.45, 2.75) is 13.5 Å². The van der Waals surface area contributed by atoms with Gasteiger partial charge in [0.05, 0.1) is 20.0 Å². The summed E-state index contributed by atoms with van der Waals surface area (Å²) >= 11 is 0. The van der Waals surface area contributed by atoms with Crippen molar-refractivity contribution < 1.29 is 19.1 Å². The van der Waals surface area contributed by atoms with Gasteiger partial charge in [-0.1, -0.05) is 0 Å². The summed E-state index contributed by atoms with van der Waals surface area (Å²) in [4.78, 5) is 27.3. The number of ether oxygens (including phenoxy) is 2. The molecular weight excluding hydrogens is 312 g/mol. The van der Waals surface area contributed by atoms with E-state index in [0.717, 1.165) is 5.75 Å². The molecule has 8 nitrogen and oxygen atoms in total. The Bertz CT molecular complexity index is 682. The van der Waals surface area contributed by atoms with Crippen LogP contribution in [0.3, 0.4) is 0 Å². The van der Waals surface area contributed by atoms with Gasteiger partial charge in [-0.3, -0.25) is 0 Å². The van der Waals surface area contributed by atoms with Gasteiger partial charge in [0.25, 0.3) is 0 Å². The number of esters is 1. The lowest BCUT2D eigenvalue weighted by Gasteiger charge is -2.08. The molecule has 2 aromatic rings. The van der Waals surface area contributed by atoms with E-state index >= 15 is 0 Å². The summed E-state index contributed by atoms with van der Waals surface area (Å²) in [6.07, 6.45) is 3.11. The number of carbonyl (C=O) groups excluding carboxylic acids is 2. The number of benzene rings is 1. The molecule has 0 fully saturated rings. The molecule has 0 unspecified atom stereocenters. The van der Waals surface area contributed by atoms with Gasteiger partial charge in [0, 0.05) is 25.0 Å². The van der Waals surface area contributed by atoms with E-state index in [4.69, 9.17) is 9.47 Å². The number of urea groups is 1. The highest BCUT2D eigenvalue weighted by Gasteiger charge is 2.09. The van der Waals surface area contributed by atoms with Gasteiger partial charge >= 0.3 is 12.0 Å². The number of methoxy groups -OCH3 is 1. The van der Waals surface area contributed by atoms with Gasteiger partial charge in [0.15, 0.2) is 5.69 Å². The third kappa shape index (κ3) is 5.01. The Hall–Kier alpha value is -3.03. The minimum Gasteiger partial charge on any atom is -0.497 e. The third-order valence-electron chi connectivity index (χ3n) is 3.12. The van der Waals surface area contributed by atoms with Crippen LogP contribution in [0.4, 0.5) is 10.5 Å². The minimum atomic E-state index is -0.457. The zero-order chi connectivity index (χ0) is 17.4. The maximum atomic E-state index is 11.8. The summed E-state index contributed by atoms with van der Waals surface area (Å²) in [6.45, 7) is 2.92. The first-order chi connectivity index (χ1) is 11.6. The largest absolute Gasteiger partial charge is 0.497 e. The Morgan fingerprint density at radius 2 is 2.00 bits per heavy atom. The molecule has 0 radical (unpaired) electrons. The van der Waals surface area contributed by atoms with Crippen LogP contribution in [0.25, 0.3) is 0 Å². The summed E-state index contributed by atoms with van der Waals surface area (Å²) < 4.78 is 11.6. The first-order valence-electron chi connectivity index (χ1n) is 7.50. The van der Waals surface area contributed by atoms with E-state index in [1.54, 1.807) is 49.1 Å². The molecule has 1 aromatic heterocycles. The second-order valence-electron chi connectivity index (χ2n) is 4.83. The van der Waals surface area contributed by atoms with Gasteiger partial charge in [0.2, 0.25) is 0 Å². The molecule has 0 aliphatic rings. The zero-order valence-corrected chi connectivity index (χ0v) is 13.6. The molecule has 128 valence electrons. The summed E-state index contributed by atoms with van der Waals surface area (Å²) in [5.41, 5.74) is 0.917. The van der Waals surface area contributed by atoms with Crippen LogP contribution in [0.1, 0.15) is 17.4 Å². The van der Waals surface area contributed by atoms with Crippen LogP contribution in [-0.4, -0.2) is 41.8 Å². The maximum absolute atomic E-state index is 11.8. The normalized spacial score (nSPS) is 10.1. The van der Waals surface area contributed by atoms with Crippen LogP contribution in [-0.2, 0) is 11.3 Å². The number of anilines is 1. The topological polar surface area (TPSA) is 94.5 Å². The van der Waals surface area contributed by atoms with E-state index in [0.29, 0.717) is 25.4 Å². The average molecular weight is 332 g/mol. The fourth-order valence-corrected chi connectivity index (χ4v) is 1.94. The van der Waals surface area contributed by atoms with Crippen molar-refractivity contribution in [1.29, 1.82) is 0 Å². The third-order valence-corrected chi connectivity index (χ3v) is 3.12. The number of hydrogen-bond donors (Lipinski definition) is 2. The van der Waals surface area contributed by atoms with Gasteiger partial charge < -0.3 is 24.7 Å². The zero-order valence-electron chi connectivity index (χ0n) is 13.6. The Balaban J connectivity index is 1.75. The Morgan fingerprint density at radius 3 is 2.67 bits per heavy atom. The molecule has 24 heavy (non-hydrogen) atoms. The predicted octanol–water partition coefficient (Wildman–Crippen LogP) is 1.89. The second kappa shape index (κ2) is 8.56. The van der Waals surface area contributed by atoms with Crippen LogP contribution in [0, 0.1) is 0 Å². The van der Waals surface area contributed by atoms with Crippen LogP contribution in [0.15, 0.2) is 36.8 Å². The summed E-state index contributed by atoms with van der Waals surface area (Å²) in [6, 6.07) is 6.71. The molecule has 0 bridgehead atoms. The van der Waals surface area contributed by atoms with Crippen molar-refractivity contribution >= 4 is 17.7 Å². The fraction of sp³-hybridized carbons (Fsp3) is 0.312. The lowest BCUT2D eigenvalue weighted by atomic mass is 10.3. The number of rotatable bonds is 7. The van der Waals surface area contributed by atoms with E-state index in [1.807, 2.05) is 0 Å². The number of nitrogens with one attached hydrogen (secondary N) is 2. The number of imidazole rings is 1. The van der Waals surface area contributed by atoms with Gasteiger partial charge in [0.1, 0.15) is 5.75 Å². The quantitative estimate of drug-likeness (QED) is 0.755. The monoisotopic (exact) mass is 332 g/mol. The molecule has 1 heterocycles. The number of nitrogens with zero attached hydrogens (tertiary/aromatic N) is 2. The number of amides is 2. The van der Waals surface area contributed by atoms with Gasteiger partial charge in [-0.05, 0) is 31.2 Å². The first-order valence-corrected chi connectivity index (χ1v) is 7.50. The SMILES string of the molecule is CCOC(=O)c1cn(CCNC(=O)Nc2ccc(OC)cc2)cn1. The Morgan fingerprint density at radius 1 is 1.25 bits per heavy atom. The molecule has 2 amide bonds. The van der Waals surface area contributed by atoms with Gasteiger partial charge in [-0.15, -0.1) is 0 Å². The van der Waals surface area contributed by atoms with Crippen LogP contribution < -0.4 is 15.4 Å². The molecule has 0 saturated carbocycles. The molecule has 2 N–H and O–H groups in total. The molecular formula is C16H20N4O4. The number of hydrogen-bond acceptors (Lipinski definition) is 5. The highest BCUT2D eigenvalue weighted by molar-refractivity contribution is 5.89. The smallest absolute Gasteiger partial charge is 0.358 e. The first kappa shape index (κ1) is 17.3. The average Bonchev–Trinajstić information content (AvgIpc) is 3.05. The van der Waals surface area contributed by atoms with E-state index in [9.17, 15) is 9.59 Å². The highest BCUT2D eigenvalue weighted by Crippen LogP contribution is 2.14. The van der Waals surface area contributed by atoms with E-state index in [-0.39, 0.29) is 11.7 Å². The van der Waals surface area contributed by atoms with Crippen molar-refractivity contribution in [2.24, 2.45) is 0 Å². The van der Waals surface area contributed by atoms with Crippen molar-refractivity contribution in [3.8, 4) is 5.75 Å². The molecule has 0 aliphatic carbocycles. The second-order valence-corrected chi connectivity index (χ2v) is 4.83. The molecule has 1 aromatic carbocycles. The molecule has 0 spiro atoms. The van der Waals surface area contributed by atoms with Gasteiger partial charge in [-0.2, -0.15) is 0 Å². The van der Waals surface area contributed by atoms with Crippen LogP contribution in [0.5, 0.6) is 5.75 Å². The molecule has 0 atom stereocenters. The highest BCUT2D eigenvalue weighted by atomic mass is 16.5. The Kier molecular flexibility index (Phi) is 6.18. The van der Waals surface area contributed by atoms with Crippen molar-refractivity contribution in [3.05, 3.63) is 42.5 Å². The predicted molar refractivity (Wildman–Crippen MR) is 88.2 cm³/mol. The Labute approximate surface area is 139 Å². The molecule has 0 aliphatic heterocycles. The van der Waals surface area contributed by atoms with Crippen LogP contribution >= 0.6 is 0 Å². The minimum absolute atomic E-state index is 0.250. The standard InChI is InChI=1S/C16H20N4O4/c1-3-24-15(21)14-10-20(11-18-14)9-8-17-16(22)19-12-4-6-13(23-2)7-5-12/h4-7,10-11H,3,8-9H2,1-2H3,(H2,17,19,22).